The van der Waals surface area contributed by atoms with Gasteiger partial charge in [0.05, 0.1) is 0 Å². The summed E-state index contributed by atoms with van der Waals surface area (Å²) in [5.74, 6) is 0. The van der Waals surface area contributed by atoms with Crippen LogP contribution in [0.2, 0.25) is 0 Å². The maximum Gasteiger partial charge on any atom is 0 e. The van der Waals surface area contributed by atoms with Crippen molar-refractivity contribution >= 4 is 29.3 Å². The van der Waals surface area contributed by atoms with Gasteiger partial charge in [0.2, 0.25) is 0 Å². The molecule has 0 amide bonds. The van der Waals surface area contributed by atoms with Crippen molar-refractivity contribution in [3.63, 3.8) is 0 Å². The summed E-state index contributed by atoms with van der Waals surface area (Å²) in [5.41, 5.74) is 0. The van der Waals surface area contributed by atoms with Crippen molar-refractivity contribution in [3.05, 3.63) is 0 Å². The monoisotopic (exact) mass is 464 g/mol. The first-order valence-electron chi connectivity index (χ1n) is 6.14. The smallest absolute Gasteiger partial charge is 0 e. The van der Waals surface area contributed by atoms with E-state index in [1.165, 1.54) is 37.0 Å². The van der Waals surface area contributed by atoms with Crippen LogP contribution < -0.4 is 0 Å². The van der Waals surface area contributed by atoms with Crippen molar-refractivity contribution in [2.75, 3.05) is 37.0 Å². The van der Waals surface area contributed by atoms with Gasteiger partial charge in [-0.2, -0.15) is 0 Å². The molecule has 0 saturated heterocycles. The Morgan fingerprint density at radius 3 is 0.625 bits per heavy atom. The molecule has 0 radical (unpaired) electrons. The summed E-state index contributed by atoms with van der Waals surface area (Å²) in [6.07, 6.45) is 8.51. The number of hydrogen-bond acceptors (Lipinski definition) is 1. The van der Waals surface area contributed by atoms with Crippen LogP contribution in [0.3, 0.4) is 0 Å². The summed E-state index contributed by atoms with van der Waals surface area (Å²) in [4.78, 5) is 0. The summed E-state index contributed by atoms with van der Waals surface area (Å²) in [6, 6.07) is 0. The van der Waals surface area contributed by atoms with E-state index in [0.717, 1.165) is 0 Å². The molecule has 0 aromatic rings. The second kappa shape index (κ2) is 22.1. The Bertz CT molecular complexity index is 74.0. The first-order valence-corrected chi connectivity index (χ1v) is 9.93. The largest absolute Gasteiger partial charge is 0.813 e. The van der Waals surface area contributed by atoms with Gasteiger partial charge in [0.1, 0.15) is 0 Å². The molecule has 0 N–H and O–H groups in total. The van der Waals surface area contributed by atoms with Gasteiger partial charge in [0.15, 0.2) is 0 Å². The van der Waals surface area contributed by atoms with Gasteiger partial charge in [-0.1, -0.05) is 41.5 Å². The van der Waals surface area contributed by atoms with Crippen LogP contribution in [0.4, 0.5) is 0 Å². The molecule has 0 fully saturated rings. The molecular formula is C12H31P2PtS-. The molecule has 16 heavy (non-hydrogen) atoms. The molecule has 0 rings (SSSR count). The molecule has 0 heterocycles. The molecule has 0 aliphatic heterocycles. The van der Waals surface area contributed by atoms with E-state index in [0.29, 0.717) is 15.8 Å². The average molecular weight is 464 g/mol. The van der Waals surface area contributed by atoms with Crippen molar-refractivity contribution < 1.29 is 21.1 Å². The van der Waals surface area contributed by atoms with E-state index in [2.05, 4.69) is 41.5 Å². The Hall–Kier alpha value is 1.90. The molecule has 0 spiro atoms. The van der Waals surface area contributed by atoms with E-state index >= 15 is 0 Å². The van der Waals surface area contributed by atoms with Crippen LogP contribution in [0.25, 0.3) is 0 Å². The van der Waals surface area contributed by atoms with Gasteiger partial charge in [-0.15, -0.1) is 15.8 Å². The van der Waals surface area contributed by atoms with Gasteiger partial charge in [0, 0.05) is 21.1 Å². The Labute approximate surface area is 128 Å². The quantitative estimate of drug-likeness (QED) is 0.310. The standard InChI is InChI=1S/2C6H15P.Pt.H2S/c2*1-4-7(5-2)6-3;;/h2*4-6H2,1-3H3;;1H2/p-1. The van der Waals surface area contributed by atoms with E-state index < -0.39 is 0 Å². The molecular weight excluding hydrogens is 433 g/mol. The minimum Gasteiger partial charge on any atom is -0.813 e. The minimum atomic E-state index is 0. The molecule has 0 saturated carbocycles. The molecule has 0 atom stereocenters. The third kappa shape index (κ3) is 18.3. The molecule has 0 aromatic carbocycles. The maximum atomic E-state index is 2.29. The molecule has 0 bridgehead atoms. The van der Waals surface area contributed by atoms with Crippen molar-refractivity contribution in [1.29, 1.82) is 0 Å². The van der Waals surface area contributed by atoms with E-state index in [1.54, 1.807) is 0 Å². The Morgan fingerprint density at radius 2 is 0.625 bits per heavy atom. The number of rotatable bonds is 6. The predicted octanol–water partition coefficient (Wildman–Crippen LogP) is 4.78. The molecule has 0 aliphatic carbocycles. The van der Waals surface area contributed by atoms with Crippen LogP contribution in [0, 0.1) is 0 Å². The van der Waals surface area contributed by atoms with Crippen LogP contribution >= 0.6 is 15.8 Å². The summed E-state index contributed by atoms with van der Waals surface area (Å²) >= 11 is 0. The second-order valence-corrected chi connectivity index (χ2v) is 9.72. The SMILES string of the molecule is CCP(CC)CC.CCP(CC)CC.[Pt].[SH-]. The van der Waals surface area contributed by atoms with Crippen LogP contribution in [0.1, 0.15) is 41.5 Å². The predicted molar refractivity (Wildman–Crippen MR) is 85.8 cm³/mol. The van der Waals surface area contributed by atoms with Gasteiger partial charge in [-0.05, 0) is 37.0 Å². The molecule has 4 heteroatoms. The van der Waals surface area contributed by atoms with Gasteiger partial charge in [-0.3, -0.25) is 0 Å². The number of hydrogen-bond donors (Lipinski definition) is 0. The van der Waals surface area contributed by atoms with E-state index in [1.807, 2.05) is 0 Å². The summed E-state index contributed by atoms with van der Waals surface area (Å²) in [5, 5.41) is 0. The fraction of sp³-hybridized carbons (Fsp3) is 1.00. The Morgan fingerprint density at radius 1 is 0.500 bits per heavy atom. The zero-order valence-corrected chi connectivity index (χ0v) is 16.9. The van der Waals surface area contributed by atoms with E-state index in [4.69, 9.17) is 0 Å². The Balaban J connectivity index is -0.0000000800. The van der Waals surface area contributed by atoms with E-state index in [-0.39, 0.29) is 34.6 Å². The van der Waals surface area contributed by atoms with E-state index in [9.17, 15) is 0 Å². The van der Waals surface area contributed by atoms with Crippen molar-refractivity contribution in [2.24, 2.45) is 0 Å². The maximum absolute atomic E-state index is 2.29. The van der Waals surface area contributed by atoms with Crippen LogP contribution in [0.15, 0.2) is 0 Å². The first-order chi connectivity index (χ1) is 6.69. The van der Waals surface area contributed by atoms with Crippen LogP contribution in [-0.2, 0) is 34.6 Å². The summed E-state index contributed by atoms with van der Waals surface area (Å²) in [7, 11) is 0.892. The third-order valence-corrected chi connectivity index (χ3v) is 8.05. The van der Waals surface area contributed by atoms with Crippen molar-refractivity contribution in [2.45, 2.75) is 41.5 Å². The zero-order valence-electron chi connectivity index (χ0n) is 11.9. The molecule has 0 unspecified atom stereocenters. The molecule has 0 aliphatic rings. The molecule has 106 valence electrons. The first kappa shape index (κ1) is 26.5. The normalized spacial score (nSPS) is 9.00. The van der Waals surface area contributed by atoms with Crippen LogP contribution in [-0.4, -0.2) is 37.0 Å². The molecule has 0 aromatic heterocycles. The number of thiol groups is 1. The van der Waals surface area contributed by atoms with Gasteiger partial charge in [0.25, 0.3) is 0 Å². The average Bonchev–Trinajstić information content (AvgIpc) is 2.24. The summed E-state index contributed by atoms with van der Waals surface area (Å²) in [6.45, 7) is 13.7. The van der Waals surface area contributed by atoms with Crippen molar-refractivity contribution in [3.8, 4) is 0 Å². The summed E-state index contributed by atoms with van der Waals surface area (Å²) < 4.78 is 0. The van der Waals surface area contributed by atoms with Gasteiger partial charge in [-0.25, -0.2) is 0 Å². The fourth-order valence-electron chi connectivity index (χ4n) is 1.34. The third-order valence-electron chi connectivity index (χ3n) is 2.68. The second-order valence-electron chi connectivity index (χ2n) is 3.24. The molecule has 0 nitrogen and oxygen atoms in total. The van der Waals surface area contributed by atoms with Gasteiger partial charge >= 0.3 is 0 Å². The topological polar surface area (TPSA) is 0 Å². The van der Waals surface area contributed by atoms with Crippen molar-refractivity contribution in [1.82, 2.24) is 0 Å². The van der Waals surface area contributed by atoms with Crippen LogP contribution in [0.5, 0.6) is 0 Å². The Kier molecular flexibility index (Phi) is 36.6. The zero-order chi connectivity index (χ0) is 11.4. The minimum absolute atomic E-state index is 0. The fourth-order valence-corrected chi connectivity index (χ4v) is 4.02. The van der Waals surface area contributed by atoms with Gasteiger partial charge < -0.3 is 13.5 Å².